The lowest BCUT2D eigenvalue weighted by Crippen LogP contribution is -2.29. The maximum Gasteiger partial charge on any atom is 0.312 e. The predicted octanol–water partition coefficient (Wildman–Crippen LogP) is 2.99. The number of hydrogen-bond donors (Lipinski definition) is 1. The first-order valence-electron chi connectivity index (χ1n) is 6.54. The molecule has 18 heavy (non-hydrogen) atoms. The normalized spacial score (nSPS) is 10.7. The molecule has 0 bridgehead atoms. The molecular weight excluding hydrogens is 226 g/mol. The van der Waals surface area contributed by atoms with Crippen molar-refractivity contribution in [3.05, 3.63) is 0 Å². The van der Waals surface area contributed by atoms with Crippen molar-refractivity contribution in [1.29, 1.82) is 0 Å². The van der Waals surface area contributed by atoms with E-state index >= 15 is 0 Å². The molecule has 0 rings (SSSR count). The summed E-state index contributed by atoms with van der Waals surface area (Å²) in [7, 11) is 0. The first-order chi connectivity index (χ1) is 8.17. The second-order valence-electron chi connectivity index (χ2n) is 5.46. The third-order valence-corrected chi connectivity index (χ3v) is 2.04. The second-order valence-corrected chi connectivity index (χ2v) is 5.46. The van der Waals surface area contributed by atoms with Crippen LogP contribution in [0.5, 0.6) is 0 Å². The van der Waals surface area contributed by atoms with Crippen LogP contribution in [0.15, 0.2) is 0 Å². The summed E-state index contributed by atoms with van der Waals surface area (Å²) in [6.45, 7) is 14.4. The molecule has 3 nitrogen and oxygen atoms in total. The Balaban J connectivity index is 0. The van der Waals surface area contributed by atoms with E-state index in [2.05, 4.69) is 38.9 Å². The molecule has 0 aromatic heterocycles. The SMILES string of the molecule is C#CCC(C)(C)C(=O)OCC.CC(C)NC(C)C. The molecule has 1 N–H and O–H groups in total. The van der Waals surface area contributed by atoms with Gasteiger partial charge in [0.2, 0.25) is 0 Å². The Kier molecular flexibility index (Phi) is 10.7. The molecule has 0 heterocycles. The first-order valence-corrected chi connectivity index (χ1v) is 6.54. The lowest BCUT2D eigenvalue weighted by atomic mass is 9.90. The van der Waals surface area contributed by atoms with Crippen LogP contribution in [0.3, 0.4) is 0 Å². The fourth-order valence-corrected chi connectivity index (χ4v) is 1.32. The maximum absolute atomic E-state index is 11.1. The molecule has 0 atom stereocenters. The molecule has 0 aromatic rings. The van der Waals surface area contributed by atoms with Gasteiger partial charge in [-0.05, 0) is 20.8 Å². The lowest BCUT2D eigenvalue weighted by Gasteiger charge is -2.18. The summed E-state index contributed by atoms with van der Waals surface area (Å²) in [4.78, 5) is 11.1. The quantitative estimate of drug-likeness (QED) is 0.606. The van der Waals surface area contributed by atoms with E-state index in [9.17, 15) is 4.79 Å². The van der Waals surface area contributed by atoms with E-state index in [1.165, 1.54) is 0 Å². The van der Waals surface area contributed by atoms with Crippen LogP contribution in [-0.2, 0) is 9.53 Å². The zero-order valence-corrected chi connectivity index (χ0v) is 13.0. The number of terminal acetylenes is 1. The highest BCUT2D eigenvalue weighted by Crippen LogP contribution is 2.21. The van der Waals surface area contributed by atoms with Gasteiger partial charge in [-0.1, -0.05) is 27.7 Å². The third-order valence-electron chi connectivity index (χ3n) is 2.04. The molecule has 0 aliphatic heterocycles. The number of esters is 1. The summed E-state index contributed by atoms with van der Waals surface area (Å²) in [5, 5.41) is 3.31. The number of ether oxygens (including phenoxy) is 1. The average Bonchev–Trinajstić information content (AvgIpc) is 2.16. The van der Waals surface area contributed by atoms with Crippen molar-refractivity contribution in [3.8, 4) is 12.3 Å². The Bertz CT molecular complexity index is 256. The highest BCUT2D eigenvalue weighted by atomic mass is 16.5. The van der Waals surface area contributed by atoms with Crippen molar-refractivity contribution in [3.63, 3.8) is 0 Å². The lowest BCUT2D eigenvalue weighted by molar-refractivity contribution is -0.153. The number of hydrogen-bond acceptors (Lipinski definition) is 3. The van der Waals surface area contributed by atoms with Gasteiger partial charge in [0.05, 0.1) is 12.0 Å². The van der Waals surface area contributed by atoms with Gasteiger partial charge in [-0.3, -0.25) is 4.79 Å². The van der Waals surface area contributed by atoms with E-state index in [0.29, 0.717) is 25.1 Å². The molecule has 0 unspecified atom stereocenters. The van der Waals surface area contributed by atoms with E-state index in [1.807, 2.05) is 0 Å². The number of carbonyl (C=O) groups is 1. The molecular formula is C15H29NO2. The molecule has 0 amide bonds. The summed E-state index contributed by atoms with van der Waals surface area (Å²) in [5.74, 6) is 2.22. The molecule has 106 valence electrons. The van der Waals surface area contributed by atoms with Crippen LogP contribution in [0.4, 0.5) is 0 Å². The Morgan fingerprint density at radius 2 is 1.72 bits per heavy atom. The monoisotopic (exact) mass is 255 g/mol. The highest BCUT2D eigenvalue weighted by molar-refractivity contribution is 5.76. The van der Waals surface area contributed by atoms with Gasteiger partial charge < -0.3 is 10.1 Å². The van der Waals surface area contributed by atoms with Gasteiger partial charge in [-0.25, -0.2) is 0 Å². The fourth-order valence-electron chi connectivity index (χ4n) is 1.32. The minimum Gasteiger partial charge on any atom is -0.466 e. The Hall–Kier alpha value is -1.01. The van der Waals surface area contributed by atoms with E-state index in [1.54, 1.807) is 20.8 Å². The van der Waals surface area contributed by atoms with E-state index in [0.717, 1.165) is 0 Å². The Labute approximate surface area is 113 Å². The summed E-state index contributed by atoms with van der Waals surface area (Å²) in [6.07, 6.45) is 5.51. The van der Waals surface area contributed by atoms with Gasteiger partial charge in [-0.15, -0.1) is 12.3 Å². The average molecular weight is 255 g/mol. The van der Waals surface area contributed by atoms with E-state index in [-0.39, 0.29) is 5.97 Å². The maximum atomic E-state index is 11.1. The molecule has 0 aliphatic carbocycles. The third kappa shape index (κ3) is 11.5. The zero-order chi connectivity index (χ0) is 14.8. The molecule has 0 fully saturated rings. The van der Waals surface area contributed by atoms with E-state index in [4.69, 9.17) is 11.2 Å². The topological polar surface area (TPSA) is 38.3 Å². The van der Waals surface area contributed by atoms with Crippen molar-refractivity contribution in [2.75, 3.05) is 6.61 Å². The van der Waals surface area contributed by atoms with Gasteiger partial charge in [0.25, 0.3) is 0 Å². The summed E-state index contributed by atoms with van der Waals surface area (Å²) >= 11 is 0. The van der Waals surface area contributed by atoms with Crippen LogP contribution in [0.25, 0.3) is 0 Å². The van der Waals surface area contributed by atoms with Crippen LogP contribution >= 0.6 is 0 Å². The standard InChI is InChI=1S/C9H14O2.C6H15N/c1-5-7-9(3,4)8(10)11-6-2;1-5(2)7-6(3)4/h1H,6-7H2,2-4H3;5-7H,1-4H3. The number of rotatable bonds is 5. The molecule has 0 saturated carbocycles. The minimum absolute atomic E-state index is 0.224. The van der Waals surface area contributed by atoms with E-state index < -0.39 is 5.41 Å². The summed E-state index contributed by atoms with van der Waals surface area (Å²) in [5.41, 5.74) is -0.537. The largest absolute Gasteiger partial charge is 0.466 e. The molecule has 0 radical (unpaired) electrons. The zero-order valence-electron chi connectivity index (χ0n) is 13.0. The Morgan fingerprint density at radius 1 is 1.28 bits per heavy atom. The summed E-state index contributed by atoms with van der Waals surface area (Å²) < 4.78 is 4.82. The second kappa shape index (κ2) is 9.96. The van der Waals surface area contributed by atoms with Crippen molar-refractivity contribution in [2.24, 2.45) is 5.41 Å². The van der Waals surface area contributed by atoms with Gasteiger partial charge in [0.15, 0.2) is 0 Å². The van der Waals surface area contributed by atoms with Gasteiger partial charge in [0, 0.05) is 18.5 Å². The molecule has 0 aromatic carbocycles. The van der Waals surface area contributed by atoms with Crippen LogP contribution < -0.4 is 5.32 Å². The van der Waals surface area contributed by atoms with Gasteiger partial charge >= 0.3 is 5.97 Å². The van der Waals surface area contributed by atoms with Crippen molar-refractivity contribution in [1.82, 2.24) is 5.32 Å². The predicted molar refractivity (Wildman–Crippen MR) is 77.3 cm³/mol. The molecule has 3 heteroatoms. The van der Waals surface area contributed by atoms with Crippen LogP contribution in [-0.4, -0.2) is 24.7 Å². The molecule has 0 aliphatic rings. The van der Waals surface area contributed by atoms with Crippen LogP contribution in [0, 0.1) is 17.8 Å². The minimum atomic E-state index is -0.537. The summed E-state index contributed by atoms with van der Waals surface area (Å²) in [6, 6.07) is 1.25. The highest BCUT2D eigenvalue weighted by Gasteiger charge is 2.27. The van der Waals surface area contributed by atoms with Crippen molar-refractivity contribution < 1.29 is 9.53 Å². The smallest absolute Gasteiger partial charge is 0.312 e. The van der Waals surface area contributed by atoms with Crippen molar-refractivity contribution >= 4 is 5.97 Å². The number of carbonyl (C=O) groups excluding carboxylic acids is 1. The van der Waals surface area contributed by atoms with Gasteiger partial charge in [0.1, 0.15) is 0 Å². The fraction of sp³-hybridized carbons (Fsp3) is 0.800. The van der Waals surface area contributed by atoms with Crippen LogP contribution in [0.1, 0.15) is 54.9 Å². The van der Waals surface area contributed by atoms with Gasteiger partial charge in [-0.2, -0.15) is 0 Å². The van der Waals surface area contributed by atoms with Crippen LogP contribution in [0.2, 0.25) is 0 Å². The van der Waals surface area contributed by atoms with Crippen molar-refractivity contribution in [2.45, 2.75) is 67.0 Å². The number of nitrogens with one attached hydrogen (secondary N) is 1. The molecule has 0 saturated heterocycles. The Morgan fingerprint density at radius 3 is 1.94 bits per heavy atom. The molecule has 0 spiro atoms. The first kappa shape index (κ1) is 19.3.